The minimum atomic E-state index is 0.889. The molecular weight excluding hydrogens is 158 g/mol. The molecule has 0 bridgehead atoms. The molecule has 0 aliphatic carbocycles. The molecule has 1 aromatic carbocycles. The molecule has 0 saturated carbocycles. The molecule has 0 aliphatic heterocycles. The molecule has 0 spiro atoms. The summed E-state index contributed by atoms with van der Waals surface area (Å²) in [5.74, 6) is 0. The van der Waals surface area contributed by atoms with E-state index in [1.807, 2.05) is 24.3 Å². The van der Waals surface area contributed by atoms with E-state index in [-0.39, 0.29) is 0 Å². The third-order valence-corrected chi connectivity index (χ3v) is 2.38. The molecule has 0 radical (unpaired) electrons. The summed E-state index contributed by atoms with van der Waals surface area (Å²) in [6.45, 7) is 0. The van der Waals surface area contributed by atoms with Gasteiger partial charge < -0.3 is 4.74 Å². The fourth-order valence-corrected chi connectivity index (χ4v) is 1.70. The Morgan fingerprint density at radius 3 is 3.00 bits per heavy atom. The van der Waals surface area contributed by atoms with E-state index >= 15 is 0 Å². The normalized spacial score (nSPS) is 10.3. The zero-order chi connectivity index (χ0) is 7.68. The summed E-state index contributed by atoms with van der Waals surface area (Å²) in [5.41, 5.74) is 1.01. The van der Waals surface area contributed by atoms with E-state index in [0.717, 1.165) is 16.0 Å². The molecule has 2 rings (SSSR count). The maximum atomic E-state index is 5.12. The molecule has 0 atom stereocenters. The highest BCUT2D eigenvalue weighted by Gasteiger charge is 2.02. The largest absolute Gasteiger partial charge is 0.486 e. The van der Waals surface area contributed by atoms with E-state index in [9.17, 15) is 0 Å². The van der Waals surface area contributed by atoms with E-state index in [1.165, 1.54) is 11.5 Å². The van der Waals surface area contributed by atoms with E-state index in [1.54, 1.807) is 7.11 Å². The molecule has 0 fully saturated rings. The average Bonchev–Trinajstić information content (AvgIpc) is 2.47. The Morgan fingerprint density at radius 2 is 2.18 bits per heavy atom. The number of hydrogen-bond acceptors (Lipinski definition) is 3. The van der Waals surface area contributed by atoms with E-state index in [4.69, 9.17) is 4.74 Å². The first kappa shape index (κ1) is 6.61. The molecule has 2 nitrogen and oxygen atoms in total. The molecule has 0 N–H and O–H groups in total. The summed E-state index contributed by atoms with van der Waals surface area (Å²) in [5, 5.41) is 1.99. The SMILES string of the molecule is COc1snc2ccccc12. The van der Waals surface area contributed by atoms with Crippen LogP contribution in [0.3, 0.4) is 0 Å². The lowest BCUT2D eigenvalue weighted by molar-refractivity contribution is 0.431. The van der Waals surface area contributed by atoms with Gasteiger partial charge in [-0.3, -0.25) is 0 Å². The standard InChI is InChI=1S/C8H7NOS/c1-10-8-6-4-2-3-5-7(6)9-11-8/h2-5H,1H3. The van der Waals surface area contributed by atoms with E-state index in [2.05, 4.69) is 4.37 Å². The van der Waals surface area contributed by atoms with Crippen molar-refractivity contribution in [1.82, 2.24) is 4.37 Å². The third kappa shape index (κ3) is 0.973. The van der Waals surface area contributed by atoms with Gasteiger partial charge in [0.2, 0.25) is 5.06 Å². The number of hydrogen-bond donors (Lipinski definition) is 0. The molecule has 0 saturated heterocycles. The van der Waals surface area contributed by atoms with Gasteiger partial charge in [-0.2, -0.15) is 4.37 Å². The number of benzene rings is 1. The second-order valence-corrected chi connectivity index (χ2v) is 2.93. The Bertz CT molecular complexity index is 369. The first-order valence-corrected chi connectivity index (χ1v) is 4.07. The van der Waals surface area contributed by atoms with Gasteiger partial charge in [0.05, 0.1) is 18.0 Å². The quantitative estimate of drug-likeness (QED) is 0.646. The van der Waals surface area contributed by atoms with Crippen molar-refractivity contribution < 1.29 is 4.74 Å². The summed E-state index contributed by atoms with van der Waals surface area (Å²) in [6.07, 6.45) is 0. The van der Waals surface area contributed by atoms with Crippen LogP contribution in [0.25, 0.3) is 10.9 Å². The number of methoxy groups -OCH3 is 1. The van der Waals surface area contributed by atoms with Crippen molar-refractivity contribution in [2.24, 2.45) is 0 Å². The van der Waals surface area contributed by atoms with Crippen LogP contribution < -0.4 is 4.74 Å². The first-order chi connectivity index (χ1) is 5.42. The topological polar surface area (TPSA) is 22.1 Å². The predicted octanol–water partition coefficient (Wildman–Crippen LogP) is 2.30. The first-order valence-electron chi connectivity index (χ1n) is 3.30. The smallest absolute Gasteiger partial charge is 0.201 e. The van der Waals surface area contributed by atoms with E-state index < -0.39 is 0 Å². The highest BCUT2D eigenvalue weighted by Crippen LogP contribution is 2.28. The van der Waals surface area contributed by atoms with E-state index in [0.29, 0.717) is 0 Å². The number of aromatic nitrogens is 1. The van der Waals surface area contributed by atoms with Crippen molar-refractivity contribution in [1.29, 1.82) is 0 Å². The van der Waals surface area contributed by atoms with Gasteiger partial charge in [0, 0.05) is 11.5 Å². The monoisotopic (exact) mass is 165 g/mol. The van der Waals surface area contributed by atoms with Crippen molar-refractivity contribution >= 4 is 22.4 Å². The summed E-state index contributed by atoms with van der Waals surface area (Å²) < 4.78 is 9.33. The average molecular weight is 165 g/mol. The third-order valence-electron chi connectivity index (χ3n) is 1.54. The van der Waals surface area contributed by atoms with Crippen LogP contribution in [-0.4, -0.2) is 11.5 Å². The van der Waals surface area contributed by atoms with Gasteiger partial charge in [-0.1, -0.05) is 12.1 Å². The summed E-state index contributed by atoms with van der Waals surface area (Å²) >= 11 is 1.39. The molecule has 56 valence electrons. The van der Waals surface area contributed by atoms with Gasteiger partial charge in [-0.15, -0.1) is 0 Å². The minimum Gasteiger partial charge on any atom is -0.486 e. The number of fused-ring (bicyclic) bond motifs is 1. The van der Waals surface area contributed by atoms with Gasteiger partial charge in [0.1, 0.15) is 0 Å². The maximum absolute atomic E-state index is 5.12. The second-order valence-electron chi connectivity index (χ2n) is 2.19. The summed E-state index contributed by atoms with van der Waals surface area (Å²) in [4.78, 5) is 0. The zero-order valence-corrected chi connectivity index (χ0v) is 6.89. The molecule has 0 unspecified atom stereocenters. The fourth-order valence-electron chi connectivity index (χ4n) is 1.01. The number of rotatable bonds is 1. The van der Waals surface area contributed by atoms with Crippen molar-refractivity contribution in [2.45, 2.75) is 0 Å². The van der Waals surface area contributed by atoms with Gasteiger partial charge in [-0.25, -0.2) is 0 Å². The summed E-state index contributed by atoms with van der Waals surface area (Å²) in [7, 11) is 1.67. The lowest BCUT2D eigenvalue weighted by Gasteiger charge is -1.91. The molecular formula is C8H7NOS. The Labute approximate surface area is 68.6 Å². The van der Waals surface area contributed by atoms with Gasteiger partial charge >= 0.3 is 0 Å². The lowest BCUT2D eigenvalue weighted by Crippen LogP contribution is -1.76. The van der Waals surface area contributed by atoms with Crippen LogP contribution >= 0.6 is 11.5 Å². The van der Waals surface area contributed by atoms with Crippen LogP contribution in [0, 0.1) is 0 Å². The van der Waals surface area contributed by atoms with Crippen LogP contribution in [0.1, 0.15) is 0 Å². The Hall–Kier alpha value is -1.09. The Morgan fingerprint density at radius 1 is 1.36 bits per heavy atom. The molecule has 0 amide bonds. The van der Waals surface area contributed by atoms with Crippen LogP contribution in [0.5, 0.6) is 5.06 Å². The zero-order valence-electron chi connectivity index (χ0n) is 6.07. The van der Waals surface area contributed by atoms with Gasteiger partial charge in [0.25, 0.3) is 0 Å². The van der Waals surface area contributed by atoms with Gasteiger partial charge in [0.15, 0.2) is 0 Å². The van der Waals surface area contributed by atoms with Crippen molar-refractivity contribution in [3.05, 3.63) is 24.3 Å². The number of nitrogens with zero attached hydrogens (tertiary/aromatic N) is 1. The fraction of sp³-hybridized carbons (Fsp3) is 0.125. The molecule has 1 heterocycles. The van der Waals surface area contributed by atoms with Crippen LogP contribution in [0.2, 0.25) is 0 Å². The molecule has 2 aromatic rings. The minimum absolute atomic E-state index is 0.889. The molecule has 11 heavy (non-hydrogen) atoms. The van der Waals surface area contributed by atoms with Crippen LogP contribution in [0.4, 0.5) is 0 Å². The molecule has 3 heteroatoms. The van der Waals surface area contributed by atoms with Crippen LogP contribution in [-0.2, 0) is 0 Å². The van der Waals surface area contributed by atoms with Crippen molar-refractivity contribution in [2.75, 3.05) is 7.11 Å². The maximum Gasteiger partial charge on any atom is 0.201 e. The second kappa shape index (κ2) is 2.51. The summed E-state index contributed by atoms with van der Waals surface area (Å²) in [6, 6.07) is 7.95. The highest BCUT2D eigenvalue weighted by molar-refractivity contribution is 7.09. The highest BCUT2D eigenvalue weighted by atomic mass is 32.1. The Kier molecular flexibility index (Phi) is 1.51. The van der Waals surface area contributed by atoms with Gasteiger partial charge in [-0.05, 0) is 12.1 Å². The van der Waals surface area contributed by atoms with Crippen molar-refractivity contribution in [3.8, 4) is 5.06 Å². The number of ether oxygens (including phenoxy) is 1. The lowest BCUT2D eigenvalue weighted by atomic mass is 10.3. The predicted molar refractivity (Wildman–Crippen MR) is 46.2 cm³/mol. The Balaban J connectivity index is 2.76. The molecule has 1 aromatic heterocycles. The van der Waals surface area contributed by atoms with Crippen molar-refractivity contribution in [3.63, 3.8) is 0 Å². The van der Waals surface area contributed by atoms with Crippen LogP contribution in [0.15, 0.2) is 24.3 Å². The molecule has 0 aliphatic rings.